The molecule has 2 aromatic rings. The first-order chi connectivity index (χ1) is 8.78. The fourth-order valence-corrected chi connectivity index (χ4v) is 3.04. The summed E-state index contributed by atoms with van der Waals surface area (Å²) in [5.41, 5.74) is 7.89. The quantitative estimate of drug-likeness (QED) is 0.875. The fraction of sp³-hybridized carbons (Fsp3) is 0.400. The molecule has 1 aliphatic carbocycles. The Morgan fingerprint density at radius 1 is 1.33 bits per heavy atom. The predicted octanol–water partition coefficient (Wildman–Crippen LogP) is 2.64. The predicted molar refractivity (Wildman–Crippen MR) is 72.0 cm³/mol. The summed E-state index contributed by atoms with van der Waals surface area (Å²) >= 11 is 0. The van der Waals surface area contributed by atoms with Crippen LogP contribution in [0.2, 0.25) is 0 Å². The van der Waals surface area contributed by atoms with Crippen molar-refractivity contribution in [1.29, 1.82) is 5.26 Å². The van der Waals surface area contributed by atoms with Gasteiger partial charge in [0.2, 0.25) is 0 Å². The van der Waals surface area contributed by atoms with Crippen molar-refractivity contribution in [3.05, 3.63) is 36.0 Å². The molecule has 0 spiro atoms. The van der Waals surface area contributed by atoms with Crippen LogP contribution in [0, 0.1) is 17.2 Å². The molecule has 0 amide bonds. The van der Waals surface area contributed by atoms with Gasteiger partial charge in [-0.15, -0.1) is 0 Å². The lowest BCUT2D eigenvalue weighted by atomic mass is 10.1. The van der Waals surface area contributed by atoms with Gasteiger partial charge in [-0.3, -0.25) is 0 Å². The van der Waals surface area contributed by atoms with Gasteiger partial charge in [0.1, 0.15) is 6.07 Å². The highest BCUT2D eigenvalue weighted by molar-refractivity contribution is 5.86. The molecule has 1 aromatic heterocycles. The number of hydrogen-bond acceptors (Lipinski definition) is 2. The number of nitrogens with two attached hydrogens (primary N) is 1. The van der Waals surface area contributed by atoms with Gasteiger partial charge in [0.25, 0.3) is 0 Å². The van der Waals surface area contributed by atoms with Gasteiger partial charge in [-0.05, 0) is 31.2 Å². The summed E-state index contributed by atoms with van der Waals surface area (Å²) in [5, 5.41) is 10.2. The lowest BCUT2D eigenvalue weighted by molar-refractivity contribution is 0.459. The molecule has 3 nitrogen and oxygen atoms in total. The zero-order chi connectivity index (χ0) is 12.5. The van der Waals surface area contributed by atoms with Crippen molar-refractivity contribution >= 4 is 10.9 Å². The summed E-state index contributed by atoms with van der Waals surface area (Å²) in [6.45, 7) is 0.982. The minimum absolute atomic E-state index is 0.368. The van der Waals surface area contributed by atoms with E-state index >= 15 is 0 Å². The summed E-state index contributed by atoms with van der Waals surface area (Å²) in [7, 11) is 0. The molecule has 0 radical (unpaired) electrons. The molecule has 1 saturated carbocycles. The zero-order valence-electron chi connectivity index (χ0n) is 10.3. The second-order valence-corrected chi connectivity index (χ2v) is 5.26. The topological polar surface area (TPSA) is 54.7 Å². The highest BCUT2D eigenvalue weighted by atomic mass is 15.0. The first-order valence-electron chi connectivity index (χ1n) is 6.51. The highest BCUT2D eigenvalue weighted by Crippen LogP contribution is 2.28. The summed E-state index contributed by atoms with van der Waals surface area (Å²) in [4.78, 5) is 0. The minimum atomic E-state index is 0.368. The van der Waals surface area contributed by atoms with Gasteiger partial charge in [-0.25, -0.2) is 0 Å². The summed E-state index contributed by atoms with van der Waals surface area (Å²) in [5.74, 6) is 0.655. The molecule has 0 saturated heterocycles. The third-order valence-electron chi connectivity index (χ3n) is 3.95. The van der Waals surface area contributed by atoms with Crippen molar-refractivity contribution in [2.24, 2.45) is 11.7 Å². The molecule has 1 heterocycles. The van der Waals surface area contributed by atoms with Crippen LogP contribution in [0.1, 0.15) is 24.8 Å². The first kappa shape index (κ1) is 11.3. The Balaban J connectivity index is 1.95. The number of benzene rings is 1. The Morgan fingerprint density at radius 3 is 2.89 bits per heavy atom. The van der Waals surface area contributed by atoms with Gasteiger partial charge in [-0.1, -0.05) is 18.2 Å². The minimum Gasteiger partial charge on any atom is -0.346 e. The van der Waals surface area contributed by atoms with Crippen molar-refractivity contribution in [1.82, 2.24) is 4.57 Å². The average molecular weight is 239 g/mol. The lowest BCUT2D eigenvalue weighted by Gasteiger charge is -2.11. The number of fused-ring (bicyclic) bond motifs is 1. The van der Waals surface area contributed by atoms with Crippen molar-refractivity contribution in [3.63, 3.8) is 0 Å². The van der Waals surface area contributed by atoms with Crippen LogP contribution in [0.4, 0.5) is 0 Å². The van der Waals surface area contributed by atoms with E-state index < -0.39 is 0 Å². The number of aromatic nitrogens is 1. The molecule has 1 fully saturated rings. The molecule has 1 aliphatic rings. The second kappa shape index (κ2) is 4.47. The van der Waals surface area contributed by atoms with Crippen LogP contribution in [-0.2, 0) is 6.54 Å². The molecule has 18 heavy (non-hydrogen) atoms. The van der Waals surface area contributed by atoms with Gasteiger partial charge in [-0.2, -0.15) is 5.26 Å². The highest BCUT2D eigenvalue weighted by Gasteiger charge is 2.22. The molecule has 0 bridgehead atoms. The van der Waals surface area contributed by atoms with Gasteiger partial charge in [0.15, 0.2) is 0 Å². The van der Waals surface area contributed by atoms with Crippen LogP contribution in [0.5, 0.6) is 0 Å². The number of nitriles is 1. The number of rotatable bonds is 2. The fourth-order valence-electron chi connectivity index (χ4n) is 3.04. The van der Waals surface area contributed by atoms with Crippen LogP contribution in [0.25, 0.3) is 10.9 Å². The summed E-state index contributed by atoms with van der Waals surface area (Å²) < 4.78 is 2.22. The van der Waals surface area contributed by atoms with Gasteiger partial charge in [0, 0.05) is 29.7 Å². The van der Waals surface area contributed by atoms with Crippen LogP contribution < -0.4 is 5.73 Å². The molecular formula is C15H17N3. The lowest BCUT2D eigenvalue weighted by Crippen LogP contribution is -2.16. The van der Waals surface area contributed by atoms with E-state index in [1.54, 1.807) is 0 Å². The van der Waals surface area contributed by atoms with Crippen molar-refractivity contribution < 1.29 is 0 Å². The summed E-state index contributed by atoms with van der Waals surface area (Å²) in [6.07, 6.45) is 5.42. The van der Waals surface area contributed by atoms with Gasteiger partial charge < -0.3 is 10.3 Å². The SMILES string of the molecule is N#Cc1cn(C[C@H]2CC[C@@H](N)C2)c2ccccc12. The molecule has 1 aromatic carbocycles. The maximum Gasteiger partial charge on any atom is 0.101 e. The smallest absolute Gasteiger partial charge is 0.101 e. The maximum absolute atomic E-state index is 9.17. The second-order valence-electron chi connectivity index (χ2n) is 5.26. The number of hydrogen-bond donors (Lipinski definition) is 1. The third kappa shape index (κ3) is 1.89. The number of nitrogens with zero attached hydrogens (tertiary/aromatic N) is 2. The van der Waals surface area contributed by atoms with E-state index in [4.69, 9.17) is 11.0 Å². The molecular weight excluding hydrogens is 222 g/mol. The molecule has 92 valence electrons. The Kier molecular flexibility index (Phi) is 2.81. The average Bonchev–Trinajstić information content (AvgIpc) is 2.95. The Labute approximate surface area is 107 Å². The van der Waals surface area contributed by atoms with E-state index in [2.05, 4.69) is 16.7 Å². The molecule has 0 aliphatic heterocycles. The van der Waals surface area contributed by atoms with Crippen molar-refractivity contribution in [3.8, 4) is 6.07 Å². The number of para-hydroxylation sites is 1. The van der Waals surface area contributed by atoms with Gasteiger partial charge >= 0.3 is 0 Å². The Morgan fingerprint density at radius 2 is 2.17 bits per heavy atom. The van der Waals surface area contributed by atoms with Gasteiger partial charge in [0.05, 0.1) is 5.56 Å². The van der Waals surface area contributed by atoms with E-state index in [1.807, 2.05) is 24.4 Å². The van der Waals surface area contributed by atoms with Crippen molar-refractivity contribution in [2.45, 2.75) is 31.8 Å². The Hall–Kier alpha value is -1.79. The first-order valence-corrected chi connectivity index (χ1v) is 6.51. The van der Waals surface area contributed by atoms with Crippen LogP contribution in [0.15, 0.2) is 30.5 Å². The van der Waals surface area contributed by atoms with E-state index in [9.17, 15) is 0 Å². The molecule has 3 heteroatoms. The monoisotopic (exact) mass is 239 g/mol. The van der Waals surface area contributed by atoms with E-state index in [0.29, 0.717) is 12.0 Å². The molecule has 3 rings (SSSR count). The third-order valence-corrected chi connectivity index (χ3v) is 3.95. The van der Waals surface area contributed by atoms with E-state index in [1.165, 1.54) is 6.42 Å². The maximum atomic E-state index is 9.17. The molecule has 2 N–H and O–H groups in total. The van der Waals surface area contributed by atoms with E-state index in [0.717, 1.165) is 35.9 Å². The standard InChI is InChI=1S/C15H17N3/c16-8-12-10-18(9-11-5-6-13(17)7-11)15-4-2-1-3-14(12)15/h1-4,10-11,13H,5-7,9,17H2/t11-,13+/m0/s1. The zero-order valence-corrected chi connectivity index (χ0v) is 10.3. The van der Waals surface area contributed by atoms with Crippen LogP contribution in [0.3, 0.4) is 0 Å². The Bertz CT molecular complexity index is 606. The normalized spacial score (nSPS) is 23.3. The largest absolute Gasteiger partial charge is 0.346 e. The van der Waals surface area contributed by atoms with E-state index in [-0.39, 0.29) is 0 Å². The summed E-state index contributed by atoms with van der Waals surface area (Å²) in [6, 6.07) is 10.8. The molecule has 2 atom stereocenters. The molecule has 0 unspecified atom stereocenters. The van der Waals surface area contributed by atoms with Crippen LogP contribution >= 0.6 is 0 Å². The van der Waals surface area contributed by atoms with Crippen molar-refractivity contribution in [2.75, 3.05) is 0 Å². The van der Waals surface area contributed by atoms with Crippen LogP contribution in [-0.4, -0.2) is 10.6 Å².